The molecule has 2 unspecified atom stereocenters. The van der Waals surface area contributed by atoms with Gasteiger partial charge in [-0.3, -0.25) is 4.79 Å². The van der Waals surface area contributed by atoms with E-state index in [1.54, 1.807) is 18.7 Å². The number of amides is 1. The Morgan fingerprint density at radius 1 is 1.37 bits per heavy atom. The first kappa shape index (κ1) is 14.1. The van der Waals surface area contributed by atoms with Gasteiger partial charge in [0.25, 0.3) is 0 Å². The number of aliphatic hydroxyl groups is 1. The van der Waals surface area contributed by atoms with Crippen LogP contribution in [0.2, 0.25) is 0 Å². The van der Waals surface area contributed by atoms with Crippen LogP contribution in [0.3, 0.4) is 0 Å². The molecule has 0 aromatic heterocycles. The van der Waals surface area contributed by atoms with E-state index < -0.39 is 5.60 Å². The molecule has 19 heavy (non-hydrogen) atoms. The molecule has 1 fully saturated rings. The highest BCUT2D eigenvalue weighted by Gasteiger charge is 2.42. The summed E-state index contributed by atoms with van der Waals surface area (Å²) in [5, 5.41) is 9.99. The minimum atomic E-state index is -0.859. The topological polar surface area (TPSA) is 40.5 Å². The van der Waals surface area contributed by atoms with Gasteiger partial charge in [0, 0.05) is 19.0 Å². The molecule has 1 saturated carbocycles. The number of hydrogen-bond donors (Lipinski definition) is 1. The first-order chi connectivity index (χ1) is 8.87. The van der Waals surface area contributed by atoms with Gasteiger partial charge in [-0.25, -0.2) is 0 Å². The number of carbonyl (C=O) groups is 1. The zero-order chi connectivity index (χ0) is 14.0. The van der Waals surface area contributed by atoms with E-state index >= 15 is 0 Å². The Morgan fingerprint density at radius 2 is 1.95 bits per heavy atom. The van der Waals surface area contributed by atoms with Gasteiger partial charge < -0.3 is 10.0 Å². The van der Waals surface area contributed by atoms with E-state index in [0.717, 1.165) is 12.0 Å². The summed E-state index contributed by atoms with van der Waals surface area (Å²) in [4.78, 5) is 14.2. The number of benzene rings is 1. The smallest absolute Gasteiger partial charge is 0.226 e. The molecule has 0 aliphatic heterocycles. The van der Waals surface area contributed by atoms with Gasteiger partial charge in [0.2, 0.25) is 5.91 Å². The third kappa shape index (κ3) is 4.06. The van der Waals surface area contributed by atoms with Gasteiger partial charge in [0.05, 0.1) is 5.60 Å². The van der Waals surface area contributed by atoms with Gasteiger partial charge in [-0.1, -0.05) is 37.3 Å². The van der Waals surface area contributed by atoms with Crippen molar-refractivity contribution in [3.8, 4) is 0 Å². The van der Waals surface area contributed by atoms with E-state index in [1.807, 2.05) is 30.3 Å². The van der Waals surface area contributed by atoms with E-state index in [-0.39, 0.29) is 11.8 Å². The van der Waals surface area contributed by atoms with E-state index in [1.165, 1.54) is 0 Å². The quantitative estimate of drug-likeness (QED) is 0.884. The standard InChI is InChI=1S/C16H23NO2/c1-12-9-14(12)15(18)17(11-16(2,3)19)10-13-7-5-4-6-8-13/h4-8,12,14,19H,9-11H2,1-3H3. The van der Waals surface area contributed by atoms with Gasteiger partial charge in [-0.15, -0.1) is 0 Å². The van der Waals surface area contributed by atoms with Crippen LogP contribution in [-0.2, 0) is 11.3 Å². The van der Waals surface area contributed by atoms with E-state index in [0.29, 0.717) is 19.0 Å². The van der Waals surface area contributed by atoms with Gasteiger partial charge in [-0.2, -0.15) is 0 Å². The highest BCUT2D eigenvalue weighted by atomic mass is 16.3. The Bertz CT molecular complexity index is 436. The van der Waals surface area contributed by atoms with E-state index in [2.05, 4.69) is 6.92 Å². The molecule has 1 aliphatic rings. The molecular weight excluding hydrogens is 238 g/mol. The molecular formula is C16H23NO2. The van der Waals surface area contributed by atoms with Crippen LogP contribution in [0.4, 0.5) is 0 Å². The highest BCUT2D eigenvalue weighted by Crippen LogP contribution is 2.39. The Labute approximate surface area is 115 Å². The summed E-state index contributed by atoms with van der Waals surface area (Å²) < 4.78 is 0. The zero-order valence-corrected chi connectivity index (χ0v) is 12.0. The van der Waals surface area contributed by atoms with Crippen molar-refractivity contribution in [1.82, 2.24) is 4.90 Å². The summed E-state index contributed by atoms with van der Waals surface area (Å²) >= 11 is 0. The van der Waals surface area contributed by atoms with Gasteiger partial charge in [0.15, 0.2) is 0 Å². The summed E-state index contributed by atoms with van der Waals surface area (Å²) in [6.07, 6.45) is 0.982. The lowest BCUT2D eigenvalue weighted by Gasteiger charge is -2.29. The fourth-order valence-corrected chi connectivity index (χ4v) is 2.38. The minimum absolute atomic E-state index is 0.158. The fraction of sp³-hybridized carbons (Fsp3) is 0.562. The maximum absolute atomic E-state index is 12.4. The van der Waals surface area contributed by atoms with Gasteiger partial charge in [-0.05, 0) is 31.7 Å². The molecule has 0 spiro atoms. The van der Waals surface area contributed by atoms with E-state index in [4.69, 9.17) is 0 Å². The van der Waals surface area contributed by atoms with Gasteiger partial charge >= 0.3 is 0 Å². The third-order valence-electron chi connectivity index (χ3n) is 3.53. The molecule has 1 N–H and O–H groups in total. The van der Waals surface area contributed by atoms with Gasteiger partial charge in [0.1, 0.15) is 0 Å². The van der Waals surface area contributed by atoms with Crippen molar-refractivity contribution in [2.24, 2.45) is 11.8 Å². The fourth-order valence-electron chi connectivity index (χ4n) is 2.38. The average molecular weight is 261 g/mol. The van der Waals surface area contributed by atoms with Crippen LogP contribution in [0.15, 0.2) is 30.3 Å². The van der Waals surface area contributed by atoms with Crippen LogP contribution in [0.1, 0.15) is 32.8 Å². The first-order valence-electron chi connectivity index (χ1n) is 6.92. The summed E-state index contributed by atoms with van der Waals surface area (Å²) in [5.74, 6) is 0.831. The summed E-state index contributed by atoms with van der Waals surface area (Å²) in [6.45, 7) is 6.55. The first-order valence-corrected chi connectivity index (χ1v) is 6.92. The summed E-state index contributed by atoms with van der Waals surface area (Å²) in [5.41, 5.74) is 0.246. The number of nitrogens with zero attached hydrogens (tertiary/aromatic N) is 1. The van der Waals surface area contributed by atoms with Crippen LogP contribution in [-0.4, -0.2) is 28.1 Å². The normalized spacial score (nSPS) is 22.1. The van der Waals surface area contributed by atoms with Crippen LogP contribution >= 0.6 is 0 Å². The molecule has 0 radical (unpaired) electrons. The molecule has 1 aliphatic carbocycles. The Kier molecular flexibility index (Phi) is 3.95. The lowest BCUT2D eigenvalue weighted by Crippen LogP contribution is -2.42. The SMILES string of the molecule is CC1CC1C(=O)N(Cc1ccccc1)CC(C)(C)O. The molecule has 3 nitrogen and oxygen atoms in total. The largest absolute Gasteiger partial charge is 0.389 e. The Hall–Kier alpha value is -1.35. The van der Waals surface area contributed by atoms with Crippen LogP contribution in [0, 0.1) is 11.8 Å². The summed E-state index contributed by atoms with van der Waals surface area (Å²) in [7, 11) is 0. The van der Waals surface area contributed by atoms with Crippen LogP contribution in [0.25, 0.3) is 0 Å². The van der Waals surface area contributed by atoms with Crippen molar-refractivity contribution < 1.29 is 9.90 Å². The Balaban J connectivity index is 2.08. The average Bonchev–Trinajstić information content (AvgIpc) is 3.04. The number of carbonyl (C=O) groups excluding carboxylic acids is 1. The second-order valence-electron chi connectivity index (χ2n) is 6.31. The Morgan fingerprint density at radius 3 is 2.42 bits per heavy atom. The zero-order valence-electron chi connectivity index (χ0n) is 12.0. The molecule has 1 aromatic rings. The second kappa shape index (κ2) is 5.33. The minimum Gasteiger partial charge on any atom is -0.389 e. The number of rotatable bonds is 5. The molecule has 2 atom stereocenters. The second-order valence-corrected chi connectivity index (χ2v) is 6.31. The van der Waals surface area contributed by atoms with Crippen LogP contribution < -0.4 is 0 Å². The molecule has 0 saturated heterocycles. The molecule has 1 aromatic carbocycles. The maximum atomic E-state index is 12.4. The number of hydrogen-bond acceptors (Lipinski definition) is 2. The monoisotopic (exact) mass is 261 g/mol. The molecule has 0 heterocycles. The van der Waals surface area contributed by atoms with Crippen molar-refractivity contribution >= 4 is 5.91 Å². The predicted molar refractivity (Wildman–Crippen MR) is 75.4 cm³/mol. The predicted octanol–water partition coefficient (Wildman–Crippen LogP) is 2.44. The lowest BCUT2D eigenvalue weighted by atomic mass is 10.1. The third-order valence-corrected chi connectivity index (χ3v) is 3.53. The molecule has 0 bridgehead atoms. The van der Waals surface area contributed by atoms with Crippen molar-refractivity contribution in [3.05, 3.63) is 35.9 Å². The molecule has 104 valence electrons. The van der Waals surface area contributed by atoms with Crippen molar-refractivity contribution in [2.75, 3.05) is 6.54 Å². The highest BCUT2D eigenvalue weighted by molar-refractivity contribution is 5.81. The maximum Gasteiger partial charge on any atom is 0.226 e. The van der Waals surface area contributed by atoms with Crippen molar-refractivity contribution in [2.45, 2.75) is 39.3 Å². The summed E-state index contributed by atoms with van der Waals surface area (Å²) in [6, 6.07) is 9.94. The van der Waals surface area contributed by atoms with Crippen molar-refractivity contribution in [1.29, 1.82) is 0 Å². The van der Waals surface area contributed by atoms with E-state index in [9.17, 15) is 9.90 Å². The van der Waals surface area contributed by atoms with Crippen LogP contribution in [0.5, 0.6) is 0 Å². The van der Waals surface area contributed by atoms with Crippen molar-refractivity contribution in [3.63, 3.8) is 0 Å². The molecule has 2 rings (SSSR count). The molecule has 3 heteroatoms. The molecule has 1 amide bonds. The lowest BCUT2D eigenvalue weighted by molar-refractivity contribution is -0.136.